The number of aromatic nitrogens is 3. The van der Waals surface area contributed by atoms with Crippen LogP contribution in [0.1, 0.15) is 0 Å². The minimum atomic E-state index is 1.15. The number of fused-ring (bicyclic) bond motifs is 10. The van der Waals surface area contributed by atoms with Crippen LogP contribution >= 0.6 is 0 Å². The third-order valence-corrected chi connectivity index (χ3v) is 11.6. The van der Waals surface area contributed by atoms with E-state index in [4.69, 9.17) is 0 Å². The van der Waals surface area contributed by atoms with Crippen molar-refractivity contribution in [2.24, 2.45) is 0 Å². The van der Waals surface area contributed by atoms with Gasteiger partial charge in [-0.15, -0.1) is 0 Å². The van der Waals surface area contributed by atoms with Crippen molar-refractivity contribution >= 4 is 76.2 Å². The average molecular weight is 700 g/mol. The Balaban J connectivity index is 1.12. The molecule has 0 fully saturated rings. The monoisotopic (exact) mass is 699 g/mol. The lowest BCUT2D eigenvalue weighted by Gasteiger charge is -2.11. The first-order valence-electron chi connectivity index (χ1n) is 18.9. The molecule has 55 heavy (non-hydrogen) atoms. The Morgan fingerprint density at radius 3 is 1.27 bits per heavy atom. The molecule has 0 saturated carbocycles. The van der Waals surface area contributed by atoms with Gasteiger partial charge in [0.25, 0.3) is 0 Å². The van der Waals surface area contributed by atoms with Crippen molar-refractivity contribution in [2.75, 3.05) is 0 Å². The highest BCUT2D eigenvalue weighted by molar-refractivity contribution is 6.20. The Kier molecular flexibility index (Phi) is 6.34. The summed E-state index contributed by atoms with van der Waals surface area (Å²) in [6.45, 7) is 0. The lowest BCUT2D eigenvalue weighted by molar-refractivity contribution is 1.17. The second-order valence-corrected chi connectivity index (χ2v) is 14.6. The summed E-state index contributed by atoms with van der Waals surface area (Å²) in [7, 11) is 0. The zero-order chi connectivity index (χ0) is 36.0. The summed E-state index contributed by atoms with van der Waals surface area (Å²) in [6, 6.07) is 73.3. The molecule has 0 aliphatic carbocycles. The summed E-state index contributed by atoms with van der Waals surface area (Å²) in [5.74, 6) is 0. The van der Waals surface area contributed by atoms with E-state index in [1.165, 1.54) is 93.0 Å². The second kappa shape index (κ2) is 11.6. The van der Waals surface area contributed by atoms with E-state index in [0.717, 1.165) is 11.4 Å². The van der Waals surface area contributed by atoms with Crippen LogP contribution in [0.2, 0.25) is 0 Å². The van der Waals surface area contributed by atoms with Gasteiger partial charge in [-0.3, -0.25) is 0 Å². The van der Waals surface area contributed by atoms with E-state index in [2.05, 4.69) is 214 Å². The topological polar surface area (TPSA) is 14.8 Å². The predicted molar refractivity (Wildman–Crippen MR) is 232 cm³/mol. The zero-order valence-electron chi connectivity index (χ0n) is 29.9. The van der Waals surface area contributed by atoms with Crippen LogP contribution < -0.4 is 0 Å². The van der Waals surface area contributed by atoms with E-state index >= 15 is 0 Å². The fourth-order valence-electron chi connectivity index (χ4n) is 9.12. The number of nitrogens with zero attached hydrogens (tertiary/aromatic N) is 3. The summed E-state index contributed by atoms with van der Waals surface area (Å²) in [4.78, 5) is 0. The molecule has 0 aliphatic heterocycles. The summed E-state index contributed by atoms with van der Waals surface area (Å²) in [6.07, 6.45) is 0. The van der Waals surface area contributed by atoms with Crippen molar-refractivity contribution in [3.8, 4) is 28.2 Å². The van der Waals surface area contributed by atoms with Crippen LogP contribution in [0, 0.1) is 0 Å². The minimum absolute atomic E-state index is 1.15. The highest BCUT2D eigenvalue weighted by atomic mass is 15.0. The first-order chi connectivity index (χ1) is 27.3. The quantitative estimate of drug-likeness (QED) is 0.174. The standard InChI is InChI=1S/C52H33N3/c1-3-15-38(16-4-1)53-47-21-11-9-19-41(47)43-30-36(24-27-49(43)53)37-25-28-50-44(31-37)46-32-45-42-20-10-12-22-48(42)55(40-26-23-34-13-7-8-14-35(34)29-40)51(45)33-52(46)54(50)39-17-5-2-6-18-39/h1-33H. The van der Waals surface area contributed by atoms with Crippen LogP contribution in [-0.4, -0.2) is 13.7 Å². The number of rotatable bonds is 4. The SMILES string of the molecule is c1ccc(-n2c3ccccc3c3cc(-c4ccc5c(c4)c4cc6c7ccccc7n(-c7ccc8ccccc8c7)c6cc4n5-c4ccccc4)ccc32)cc1. The molecule has 0 bridgehead atoms. The van der Waals surface area contributed by atoms with Gasteiger partial charge in [-0.05, 0) is 107 Å². The molecule has 3 heterocycles. The molecule has 0 saturated heterocycles. The largest absolute Gasteiger partial charge is 0.309 e. The molecule has 0 atom stereocenters. The van der Waals surface area contributed by atoms with Crippen LogP contribution in [0.3, 0.4) is 0 Å². The Morgan fingerprint density at radius 2 is 0.655 bits per heavy atom. The predicted octanol–water partition coefficient (Wildman–Crippen LogP) is 13.8. The molecule has 256 valence electrons. The molecular weight excluding hydrogens is 667 g/mol. The third-order valence-electron chi connectivity index (χ3n) is 11.6. The van der Waals surface area contributed by atoms with E-state index < -0.39 is 0 Å². The molecule has 12 rings (SSSR count). The normalized spacial score (nSPS) is 12.0. The minimum Gasteiger partial charge on any atom is -0.309 e. The van der Waals surface area contributed by atoms with Crippen LogP contribution in [-0.2, 0) is 0 Å². The highest BCUT2D eigenvalue weighted by Gasteiger charge is 2.20. The molecular formula is C52H33N3. The Morgan fingerprint density at radius 1 is 0.218 bits per heavy atom. The van der Waals surface area contributed by atoms with Gasteiger partial charge in [0.1, 0.15) is 0 Å². The van der Waals surface area contributed by atoms with E-state index in [9.17, 15) is 0 Å². The molecule has 3 heteroatoms. The fourth-order valence-corrected chi connectivity index (χ4v) is 9.12. The first-order valence-corrected chi connectivity index (χ1v) is 18.9. The first kappa shape index (κ1) is 30.1. The maximum Gasteiger partial charge on any atom is 0.0562 e. The van der Waals surface area contributed by atoms with Gasteiger partial charge in [-0.2, -0.15) is 0 Å². The van der Waals surface area contributed by atoms with Gasteiger partial charge >= 0.3 is 0 Å². The molecule has 3 aromatic heterocycles. The molecule has 9 aromatic carbocycles. The second-order valence-electron chi connectivity index (χ2n) is 14.6. The number of para-hydroxylation sites is 4. The van der Waals surface area contributed by atoms with E-state index in [1.54, 1.807) is 0 Å². The lowest BCUT2D eigenvalue weighted by Crippen LogP contribution is -1.96. The van der Waals surface area contributed by atoms with Crippen molar-refractivity contribution in [3.05, 3.63) is 200 Å². The fraction of sp³-hybridized carbons (Fsp3) is 0. The van der Waals surface area contributed by atoms with Gasteiger partial charge in [0.15, 0.2) is 0 Å². The van der Waals surface area contributed by atoms with Crippen molar-refractivity contribution in [1.82, 2.24) is 13.7 Å². The van der Waals surface area contributed by atoms with Crippen molar-refractivity contribution < 1.29 is 0 Å². The molecule has 0 aliphatic rings. The molecule has 0 unspecified atom stereocenters. The van der Waals surface area contributed by atoms with E-state index in [-0.39, 0.29) is 0 Å². The maximum absolute atomic E-state index is 2.44. The number of hydrogen-bond acceptors (Lipinski definition) is 0. The Hall–Kier alpha value is -7.36. The average Bonchev–Trinajstić information content (AvgIpc) is 3.88. The molecule has 0 N–H and O–H groups in total. The van der Waals surface area contributed by atoms with E-state index in [0.29, 0.717) is 0 Å². The van der Waals surface area contributed by atoms with Crippen molar-refractivity contribution in [2.45, 2.75) is 0 Å². The van der Waals surface area contributed by atoms with Gasteiger partial charge in [0.2, 0.25) is 0 Å². The summed E-state index contributed by atoms with van der Waals surface area (Å²) in [5.41, 5.74) is 13.1. The smallest absolute Gasteiger partial charge is 0.0562 e. The van der Waals surface area contributed by atoms with Crippen molar-refractivity contribution in [3.63, 3.8) is 0 Å². The van der Waals surface area contributed by atoms with Gasteiger partial charge < -0.3 is 13.7 Å². The summed E-state index contributed by atoms with van der Waals surface area (Å²) >= 11 is 0. The van der Waals surface area contributed by atoms with Crippen LogP contribution in [0.4, 0.5) is 0 Å². The maximum atomic E-state index is 2.44. The molecule has 12 aromatic rings. The summed E-state index contributed by atoms with van der Waals surface area (Å²) in [5, 5.41) is 10.00. The molecule has 0 spiro atoms. The molecule has 3 nitrogen and oxygen atoms in total. The highest BCUT2D eigenvalue weighted by Crippen LogP contribution is 2.42. The number of hydrogen-bond donors (Lipinski definition) is 0. The lowest BCUT2D eigenvalue weighted by atomic mass is 10.00. The van der Waals surface area contributed by atoms with Gasteiger partial charge in [0.05, 0.1) is 33.1 Å². The van der Waals surface area contributed by atoms with Crippen molar-refractivity contribution in [1.29, 1.82) is 0 Å². The van der Waals surface area contributed by atoms with Gasteiger partial charge in [-0.1, -0.05) is 115 Å². The summed E-state index contributed by atoms with van der Waals surface area (Å²) < 4.78 is 7.26. The van der Waals surface area contributed by atoms with Crippen LogP contribution in [0.5, 0.6) is 0 Å². The number of benzene rings is 9. The third kappa shape index (κ3) is 4.44. The molecule has 0 amide bonds. The Bertz CT molecular complexity index is 3470. The van der Waals surface area contributed by atoms with Crippen LogP contribution in [0.25, 0.3) is 104 Å². The van der Waals surface area contributed by atoms with E-state index in [1.807, 2.05) is 0 Å². The Labute approximate surface area is 317 Å². The zero-order valence-corrected chi connectivity index (χ0v) is 29.9. The van der Waals surface area contributed by atoms with Gasteiger partial charge in [0, 0.05) is 49.4 Å². The molecule has 0 radical (unpaired) electrons. The van der Waals surface area contributed by atoms with Crippen LogP contribution in [0.15, 0.2) is 200 Å². The van der Waals surface area contributed by atoms with Gasteiger partial charge in [-0.25, -0.2) is 0 Å².